The van der Waals surface area contributed by atoms with Crippen LogP contribution in [0.3, 0.4) is 0 Å². The van der Waals surface area contributed by atoms with E-state index < -0.39 is 0 Å². The molecule has 0 N–H and O–H groups in total. The van der Waals surface area contributed by atoms with Crippen LogP contribution in [0.25, 0.3) is 0 Å². The maximum Gasteiger partial charge on any atom is 0.0122 e. The molecule has 72 valence electrons. The molecule has 0 aromatic rings. The molecule has 0 bridgehead atoms. The van der Waals surface area contributed by atoms with Crippen LogP contribution in [0.5, 0.6) is 0 Å². The molecular weight excluding hydrogens is 146 g/mol. The number of nitrogens with zero attached hydrogens (tertiary/aromatic N) is 1. The Hall–Kier alpha value is -0.300. The Morgan fingerprint density at radius 2 is 1.83 bits per heavy atom. The molecule has 0 aromatic heterocycles. The van der Waals surface area contributed by atoms with Crippen molar-refractivity contribution in [3.05, 3.63) is 12.7 Å². The van der Waals surface area contributed by atoms with Crippen molar-refractivity contribution >= 4 is 0 Å². The number of allylic oxidation sites excluding steroid dienone is 1. The van der Waals surface area contributed by atoms with E-state index in [1.54, 1.807) is 0 Å². The van der Waals surface area contributed by atoms with Gasteiger partial charge in [0.1, 0.15) is 0 Å². The largest absolute Gasteiger partial charge is 0.302 e. The average molecular weight is 169 g/mol. The second-order valence-corrected chi connectivity index (χ2v) is 4.38. The van der Waals surface area contributed by atoms with Crippen molar-refractivity contribution in [2.75, 3.05) is 13.6 Å². The summed E-state index contributed by atoms with van der Waals surface area (Å²) >= 11 is 0. The standard InChI is InChI=1S/C11H23N/c1-6-7-8-9-10-12(5)11(2,3)4/h6H,1,7-10H2,2-5H3. The number of unbranched alkanes of at least 4 members (excludes halogenated alkanes) is 2. The summed E-state index contributed by atoms with van der Waals surface area (Å²) in [5.74, 6) is 0. The van der Waals surface area contributed by atoms with Gasteiger partial charge >= 0.3 is 0 Å². The van der Waals surface area contributed by atoms with Gasteiger partial charge in [-0.2, -0.15) is 0 Å². The second kappa shape index (κ2) is 5.36. The van der Waals surface area contributed by atoms with Gasteiger partial charge in [-0.1, -0.05) is 6.08 Å². The Morgan fingerprint density at radius 1 is 1.25 bits per heavy atom. The van der Waals surface area contributed by atoms with Crippen LogP contribution in [0.4, 0.5) is 0 Å². The maximum absolute atomic E-state index is 3.71. The molecule has 1 heteroatoms. The van der Waals surface area contributed by atoms with E-state index in [-0.39, 0.29) is 0 Å². The highest BCUT2D eigenvalue weighted by atomic mass is 15.1. The fourth-order valence-electron chi connectivity index (χ4n) is 0.973. The van der Waals surface area contributed by atoms with Gasteiger partial charge in [0.2, 0.25) is 0 Å². The summed E-state index contributed by atoms with van der Waals surface area (Å²) in [6.07, 6.45) is 5.69. The second-order valence-electron chi connectivity index (χ2n) is 4.38. The summed E-state index contributed by atoms with van der Waals surface area (Å²) < 4.78 is 0. The lowest BCUT2D eigenvalue weighted by molar-refractivity contribution is 0.173. The molecule has 0 amide bonds. The molecule has 1 nitrogen and oxygen atoms in total. The van der Waals surface area contributed by atoms with Crippen molar-refractivity contribution in [1.29, 1.82) is 0 Å². The van der Waals surface area contributed by atoms with Crippen LogP contribution in [-0.2, 0) is 0 Å². The number of hydrogen-bond acceptors (Lipinski definition) is 1. The molecule has 0 heterocycles. The SMILES string of the molecule is C=CCCCCN(C)C(C)(C)C. The van der Waals surface area contributed by atoms with E-state index in [1.165, 1.54) is 19.4 Å². The predicted octanol–water partition coefficient (Wildman–Crippen LogP) is 3.07. The van der Waals surface area contributed by atoms with E-state index in [2.05, 4.69) is 39.3 Å². The fourth-order valence-corrected chi connectivity index (χ4v) is 0.973. The molecule has 0 fully saturated rings. The zero-order valence-corrected chi connectivity index (χ0v) is 9.06. The van der Waals surface area contributed by atoms with Gasteiger partial charge in [-0.05, 0) is 53.6 Å². The third kappa shape index (κ3) is 5.36. The van der Waals surface area contributed by atoms with Crippen LogP contribution < -0.4 is 0 Å². The molecule has 0 aliphatic rings. The Morgan fingerprint density at radius 3 is 2.25 bits per heavy atom. The smallest absolute Gasteiger partial charge is 0.0122 e. The topological polar surface area (TPSA) is 3.24 Å². The van der Waals surface area contributed by atoms with E-state index >= 15 is 0 Å². The van der Waals surface area contributed by atoms with Crippen LogP contribution in [-0.4, -0.2) is 24.0 Å². The van der Waals surface area contributed by atoms with Crippen molar-refractivity contribution < 1.29 is 0 Å². The molecule has 0 aliphatic heterocycles. The highest BCUT2D eigenvalue weighted by Gasteiger charge is 2.15. The average Bonchev–Trinajstić information content (AvgIpc) is 1.96. The fraction of sp³-hybridized carbons (Fsp3) is 0.818. The molecule has 0 unspecified atom stereocenters. The van der Waals surface area contributed by atoms with E-state index in [1.807, 2.05) is 6.08 Å². The van der Waals surface area contributed by atoms with Gasteiger partial charge < -0.3 is 4.90 Å². The van der Waals surface area contributed by atoms with Gasteiger partial charge in [0.05, 0.1) is 0 Å². The minimum absolute atomic E-state index is 0.314. The van der Waals surface area contributed by atoms with Gasteiger partial charge in [0.25, 0.3) is 0 Å². The predicted molar refractivity (Wildman–Crippen MR) is 56.4 cm³/mol. The van der Waals surface area contributed by atoms with Crippen molar-refractivity contribution in [3.8, 4) is 0 Å². The summed E-state index contributed by atoms with van der Waals surface area (Å²) in [5.41, 5.74) is 0.314. The molecule has 12 heavy (non-hydrogen) atoms. The van der Waals surface area contributed by atoms with E-state index in [0.717, 1.165) is 6.42 Å². The summed E-state index contributed by atoms with van der Waals surface area (Å²) in [5, 5.41) is 0. The molecule has 0 atom stereocenters. The molecule has 0 spiro atoms. The van der Waals surface area contributed by atoms with Gasteiger partial charge in [0.15, 0.2) is 0 Å². The lowest BCUT2D eigenvalue weighted by Crippen LogP contribution is -2.38. The highest BCUT2D eigenvalue weighted by molar-refractivity contribution is 4.73. The summed E-state index contributed by atoms with van der Waals surface area (Å²) in [6, 6.07) is 0. The Balaban J connectivity index is 3.44. The van der Waals surface area contributed by atoms with E-state index in [0.29, 0.717) is 5.54 Å². The van der Waals surface area contributed by atoms with Crippen LogP contribution in [0, 0.1) is 0 Å². The Bertz CT molecular complexity index is 121. The first-order valence-electron chi connectivity index (χ1n) is 4.80. The summed E-state index contributed by atoms with van der Waals surface area (Å²) in [6.45, 7) is 11.7. The van der Waals surface area contributed by atoms with Crippen molar-refractivity contribution in [1.82, 2.24) is 4.90 Å². The van der Waals surface area contributed by atoms with Crippen LogP contribution in [0.1, 0.15) is 40.0 Å². The highest BCUT2D eigenvalue weighted by Crippen LogP contribution is 2.11. The van der Waals surface area contributed by atoms with Gasteiger partial charge in [-0.25, -0.2) is 0 Å². The number of hydrogen-bond donors (Lipinski definition) is 0. The van der Waals surface area contributed by atoms with Gasteiger partial charge in [-0.15, -0.1) is 6.58 Å². The Labute approximate surface area is 77.5 Å². The third-order valence-corrected chi connectivity index (χ3v) is 2.30. The zero-order chi connectivity index (χ0) is 9.61. The monoisotopic (exact) mass is 169 g/mol. The maximum atomic E-state index is 3.71. The molecule has 0 rings (SSSR count). The van der Waals surface area contributed by atoms with Crippen LogP contribution in [0.15, 0.2) is 12.7 Å². The summed E-state index contributed by atoms with van der Waals surface area (Å²) in [4.78, 5) is 2.40. The van der Waals surface area contributed by atoms with Crippen molar-refractivity contribution in [2.45, 2.75) is 45.6 Å². The molecule has 0 saturated heterocycles. The number of rotatable bonds is 5. The van der Waals surface area contributed by atoms with Crippen molar-refractivity contribution in [3.63, 3.8) is 0 Å². The Kier molecular flexibility index (Phi) is 5.23. The first kappa shape index (κ1) is 11.7. The van der Waals surface area contributed by atoms with Crippen LogP contribution >= 0.6 is 0 Å². The van der Waals surface area contributed by atoms with E-state index in [4.69, 9.17) is 0 Å². The van der Waals surface area contributed by atoms with Gasteiger partial charge in [-0.3, -0.25) is 0 Å². The third-order valence-electron chi connectivity index (χ3n) is 2.30. The van der Waals surface area contributed by atoms with E-state index in [9.17, 15) is 0 Å². The normalized spacial score (nSPS) is 12.1. The van der Waals surface area contributed by atoms with Crippen molar-refractivity contribution in [2.24, 2.45) is 0 Å². The van der Waals surface area contributed by atoms with Gasteiger partial charge in [0, 0.05) is 5.54 Å². The molecular formula is C11H23N. The lowest BCUT2D eigenvalue weighted by Gasteiger charge is -2.31. The zero-order valence-electron chi connectivity index (χ0n) is 9.06. The molecule has 0 saturated carbocycles. The molecule has 0 aliphatic carbocycles. The first-order valence-corrected chi connectivity index (χ1v) is 4.80. The quantitative estimate of drug-likeness (QED) is 0.451. The lowest BCUT2D eigenvalue weighted by atomic mass is 10.1. The molecule has 0 radical (unpaired) electrons. The molecule has 0 aromatic carbocycles. The van der Waals surface area contributed by atoms with Crippen LogP contribution in [0.2, 0.25) is 0 Å². The summed E-state index contributed by atoms with van der Waals surface area (Å²) in [7, 11) is 2.19. The minimum atomic E-state index is 0.314. The first-order chi connectivity index (χ1) is 5.48. The minimum Gasteiger partial charge on any atom is -0.302 e.